The zero-order chi connectivity index (χ0) is 22.0. The summed E-state index contributed by atoms with van der Waals surface area (Å²) in [6.07, 6.45) is 0.286. The van der Waals surface area contributed by atoms with Crippen molar-refractivity contribution in [2.75, 3.05) is 13.2 Å². The van der Waals surface area contributed by atoms with E-state index in [9.17, 15) is 18.3 Å². The number of aromatic nitrogens is 3. The zero-order valence-corrected chi connectivity index (χ0v) is 16.9. The Bertz CT molecular complexity index is 971. The van der Waals surface area contributed by atoms with Gasteiger partial charge in [-0.25, -0.2) is 17.9 Å². The Morgan fingerprint density at radius 2 is 1.87 bits per heavy atom. The highest BCUT2D eigenvalue weighted by Gasteiger charge is 2.60. The molecule has 3 aliphatic rings. The fourth-order valence-electron chi connectivity index (χ4n) is 4.49. The van der Waals surface area contributed by atoms with Crippen LogP contribution in [0.1, 0.15) is 32.7 Å². The van der Waals surface area contributed by atoms with Gasteiger partial charge in [0.2, 0.25) is 0 Å². The molecule has 1 spiro atoms. The van der Waals surface area contributed by atoms with Gasteiger partial charge in [-0.15, -0.1) is 5.10 Å². The van der Waals surface area contributed by atoms with E-state index in [1.807, 2.05) is 0 Å². The summed E-state index contributed by atoms with van der Waals surface area (Å²) in [6, 6.07) is 0.911. The Kier molecular flexibility index (Phi) is 4.87. The topological polar surface area (TPSA) is 87.9 Å². The van der Waals surface area contributed by atoms with Crippen molar-refractivity contribution in [3.05, 3.63) is 35.8 Å². The average Bonchev–Trinajstić information content (AvgIpc) is 3.38. The Hall–Kier alpha value is -2.05. The van der Waals surface area contributed by atoms with Gasteiger partial charge >= 0.3 is 0 Å². The number of aliphatic hydroxyl groups is 1. The average molecular weight is 441 g/mol. The molecule has 1 N–H and O–H groups in total. The van der Waals surface area contributed by atoms with E-state index in [2.05, 4.69) is 10.3 Å². The number of benzene rings is 1. The Balaban J connectivity index is 1.53. The van der Waals surface area contributed by atoms with Gasteiger partial charge in [0.15, 0.2) is 29.0 Å². The number of rotatable bonds is 2. The Morgan fingerprint density at radius 3 is 2.55 bits per heavy atom. The highest BCUT2D eigenvalue weighted by atomic mass is 19.2. The molecular formula is C20H22F3N3O5. The molecule has 1 aromatic carbocycles. The summed E-state index contributed by atoms with van der Waals surface area (Å²) in [5.74, 6) is -6.37. The third kappa shape index (κ3) is 3.44. The van der Waals surface area contributed by atoms with Gasteiger partial charge in [-0.3, -0.25) is 0 Å². The van der Waals surface area contributed by atoms with Crippen LogP contribution in [0.15, 0.2) is 18.3 Å². The van der Waals surface area contributed by atoms with Crippen molar-refractivity contribution in [3.8, 4) is 11.3 Å². The molecule has 0 radical (unpaired) electrons. The number of ether oxygens (including phenoxy) is 4. The number of hydrogen-bond donors (Lipinski definition) is 1. The standard InChI is InChI=1S/C20H22F3N3O5/c1-19(2)29-9-14-17(31-19)16(18(27)20(30-14)4-3-5-28-20)26-8-13(24-25-26)10-6-11(21)15(23)12(22)7-10/h6-8,14,16-18,27H,3-5,9H2,1-2H3/t14-,16?,17+,18-,20+/m1/s1. The van der Waals surface area contributed by atoms with Gasteiger partial charge in [-0.05, 0) is 32.4 Å². The van der Waals surface area contributed by atoms with E-state index >= 15 is 0 Å². The van der Waals surface area contributed by atoms with Crippen molar-refractivity contribution in [2.24, 2.45) is 0 Å². The van der Waals surface area contributed by atoms with Gasteiger partial charge in [-0.1, -0.05) is 5.21 Å². The second-order valence-corrected chi connectivity index (χ2v) is 8.49. The Labute approximate surface area is 175 Å². The van der Waals surface area contributed by atoms with Crippen molar-refractivity contribution in [3.63, 3.8) is 0 Å². The minimum atomic E-state index is -1.56. The summed E-state index contributed by atoms with van der Waals surface area (Å²) in [7, 11) is 0. The highest BCUT2D eigenvalue weighted by molar-refractivity contribution is 5.57. The van der Waals surface area contributed by atoms with Crippen LogP contribution >= 0.6 is 0 Å². The molecule has 8 nitrogen and oxygen atoms in total. The molecule has 11 heteroatoms. The van der Waals surface area contributed by atoms with Crippen LogP contribution in [-0.2, 0) is 18.9 Å². The first-order chi connectivity index (χ1) is 14.7. The maximum absolute atomic E-state index is 13.7. The molecule has 0 saturated carbocycles. The van der Waals surface area contributed by atoms with Crippen LogP contribution in [-0.4, -0.2) is 63.2 Å². The number of nitrogens with zero attached hydrogens (tertiary/aromatic N) is 3. The molecule has 31 heavy (non-hydrogen) atoms. The summed E-state index contributed by atoms with van der Waals surface area (Å²) in [6.45, 7) is 4.16. The maximum atomic E-state index is 13.7. The smallest absolute Gasteiger partial charge is 0.197 e. The molecule has 168 valence electrons. The first kappa shape index (κ1) is 20.8. The summed E-state index contributed by atoms with van der Waals surface area (Å²) < 4.78 is 65.7. The van der Waals surface area contributed by atoms with E-state index in [1.54, 1.807) is 13.8 Å². The zero-order valence-electron chi connectivity index (χ0n) is 16.9. The van der Waals surface area contributed by atoms with Crippen LogP contribution in [0.3, 0.4) is 0 Å². The lowest BCUT2D eigenvalue weighted by Crippen LogP contribution is -2.66. The van der Waals surface area contributed by atoms with Crippen LogP contribution in [0, 0.1) is 17.5 Å². The van der Waals surface area contributed by atoms with E-state index in [0.29, 0.717) is 19.4 Å². The third-order valence-corrected chi connectivity index (χ3v) is 5.95. The van der Waals surface area contributed by atoms with Gasteiger partial charge in [0.25, 0.3) is 0 Å². The predicted molar refractivity (Wildman–Crippen MR) is 98.1 cm³/mol. The molecule has 1 unspecified atom stereocenters. The molecule has 1 aromatic heterocycles. The molecule has 0 aliphatic carbocycles. The molecule has 2 aromatic rings. The lowest BCUT2D eigenvalue weighted by molar-refractivity contribution is -0.399. The second kappa shape index (κ2) is 7.24. The van der Waals surface area contributed by atoms with Crippen molar-refractivity contribution >= 4 is 0 Å². The van der Waals surface area contributed by atoms with Gasteiger partial charge in [0.1, 0.15) is 30.0 Å². The van der Waals surface area contributed by atoms with Crippen molar-refractivity contribution < 1.29 is 37.2 Å². The predicted octanol–water partition coefficient (Wildman–Crippen LogP) is 2.32. The lowest BCUT2D eigenvalue weighted by Gasteiger charge is -2.53. The lowest BCUT2D eigenvalue weighted by atomic mass is 9.88. The maximum Gasteiger partial charge on any atom is 0.197 e. The van der Waals surface area contributed by atoms with Gasteiger partial charge in [-0.2, -0.15) is 0 Å². The first-order valence-electron chi connectivity index (χ1n) is 10.1. The SMILES string of the molecule is CC1(C)OC[C@H]2O[C@@]3(CCCO3)[C@H](O)C(n3cc(-c4cc(F)c(F)c(F)c4)nn3)[C@H]2O1. The van der Waals surface area contributed by atoms with Crippen LogP contribution in [0.5, 0.6) is 0 Å². The van der Waals surface area contributed by atoms with E-state index in [-0.39, 0.29) is 17.9 Å². The van der Waals surface area contributed by atoms with E-state index in [0.717, 1.165) is 12.1 Å². The van der Waals surface area contributed by atoms with E-state index in [4.69, 9.17) is 18.9 Å². The number of aliphatic hydroxyl groups excluding tert-OH is 1. The van der Waals surface area contributed by atoms with Gasteiger partial charge in [0, 0.05) is 12.0 Å². The highest BCUT2D eigenvalue weighted by Crippen LogP contribution is 2.46. The van der Waals surface area contributed by atoms with Crippen LogP contribution in [0.25, 0.3) is 11.3 Å². The van der Waals surface area contributed by atoms with Gasteiger partial charge in [0.05, 0.1) is 19.4 Å². The summed E-state index contributed by atoms with van der Waals surface area (Å²) in [4.78, 5) is 0. The number of hydrogen-bond acceptors (Lipinski definition) is 7. The second-order valence-electron chi connectivity index (χ2n) is 8.49. The number of halogens is 3. The van der Waals surface area contributed by atoms with Crippen molar-refractivity contribution in [1.82, 2.24) is 15.0 Å². The summed E-state index contributed by atoms with van der Waals surface area (Å²) in [5.41, 5.74) is 0.126. The van der Waals surface area contributed by atoms with Gasteiger partial charge < -0.3 is 24.1 Å². The minimum absolute atomic E-state index is 0.0146. The van der Waals surface area contributed by atoms with Crippen molar-refractivity contribution in [2.45, 2.75) is 62.6 Å². The normalized spacial score (nSPS) is 34.8. The fraction of sp³-hybridized carbons (Fsp3) is 0.600. The molecule has 0 bridgehead atoms. The quantitative estimate of drug-likeness (QED) is 0.716. The molecule has 3 saturated heterocycles. The van der Waals surface area contributed by atoms with E-state index in [1.165, 1.54) is 10.9 Å². The monoisotopic (exact) mass is 441 g/mol. The minimum Gasteiger partial charge on any atom is -0.385 e. The van der Waals surface area contributed by atoms with Crippen LogP contribution in [0.4, 0.5) is 13.2 Å². The summed E-state index contributed by atoms with van der Waals surface area (Å²) >= 11 is 0. The largest absolute Gasteiger partial charge is 0.385 e. The molecule has 4 heterocycles. The van der Waals surface area contributed by atoms with Crippen LogP contribution < -0.4 is 0 Å². The molecule has 3 fully saturated rings. The molecule has 5 atom stereocenters. The molecular weight excluding hydrogens is 419 g/mol. The molecule has 3 aliphatic heterocycles. The third-order valence-electron chi connectivity index (χ3n) is 5.95. The number of fused-ring (bicyclic) bond motifs is 1. The van der Waals surface area contributed by atoms with E-state index < -0.39 is 53.4 Å². The summed E-state index contributed by atoms with van der Waals surface area (Å²) in [5, 5.41) is 19.3. The molecule has 5 rings (SSSR count). The Morgan fingerprint density at radius 1 is 1.13 bits per heavy atom. The first-order valence-corrected chi connectivity index (χ1v) is 10.1. The fourth-order valence-corrected chi connectivity index (χ4v) is 4.49. The molecule has 0 amide bonds. The van der Waals surface area contributed by atoms with Crippen LogP contribution in [0.2, 0.25) is 0 Å². The van der Waals surface area contributed by atoms with Crippen molar-refractivity contribution in [1.29, 1.82) is 0 Å².